The van der Waals surface area contributed by atoms with Gasteiger partial charge in [-0.1, -0.05) is 34.7 Å². The van der Waals surface area contributed by atoms with E-state index in [1.165, 1.54) is 23.1 Å². The number of ether oxygens (including phenoxy) is 1. The fourth-order valence-corrected chi connectivity index (χ4v) is 3.65. The minimum atomic E-state index is -0.469. The molecule has 2 aromatic rings. The molecule has 0 bridgehead atoms. The van der Waals surface area contributed by atoms with Crippen LogP contribution in [0.4, 0.5) is 5.69 Å². The van der Waals surface area contributed by atoms with E-state index >= 15 is 0 Å². The Kier molecular flexibility index (Phi) is 7.07. The second-order valence-corrected chi connectivity index (χ2v) is 7.03. The summed E-state index contributed by atoms with van der Waals surface area (Å²) >= 11 is 9.15. The van der Waals surface area contributed by atoms with Gasteiger partial charge in [-0.2, -0.15) is 0 Å². The molecule has 6 nitrogen and oxygen atoms in total. The van der Waals surface area contributed by atoms with Crippen LogP contribution in [0.3, 0.4) is 0 Å². The Morgan fingerprint density at radius 3 is 3.04 bits per heavy atom. The predicted molar refractivity (Wildman–Crippen MR) is 94.0 cm³/mol. The van der Waals surface area contributed by atoms with Gasteiger partial charge in [0.25, 0.3) is 5.91 Å². The summed E-state index contributed by atoms with van der Waals surface area (Å²) in [6.07, 6.45) is -0.469. The molecular weight excluding hydrogens is 379 g/mol. The molecule has 10 heteroatoms. The highest BCUT2D eigenvalue weighted by Crippen LogP contribution is 2.35. The summed E-state index contributed by atoms with van der Waals surface area (Å²) in [6.45, 7) is 1.83. The van der Waals surface area contributed by atoms with Gasteiger partial charge in [0.1, 0.15) is 11.6 Å². The van der Waals surface area contributed by atoms with Crippen molar-refractivity contribution in [2.75, 3.05) is 25.0 Å². The highest BCUT2D eigenvalue weighted by Gasteiger charge is 2.21. The van der Waals surface area contributed by atoms with Gasteiger partial charge in [0.05, 0.1) is 11.6 Å². The van der Waals surface area contributed by atoms with E-state index < -0.39 is 6.10 Å². The first-order valence-corrected chi connectivity index (χ1v) is 8.66. The molecule has 23 heavy (non-hydrogen) atoms. The Morgan fingerprint density at radius 1 is 1.52 bits per heavy atom. The molecule has 1 atom stereocenters. The average molecular weight is 393 g/mol. The molecule has 0 aliphatic carbocycles. The maximum absolute atomic E-state index is 12.1. The zero-order valence-electron chi connectivity index (χ0n) is 11.8. The normalized spacial score (nSPS) is 17.3. The number of morpholine rings is 1. The van der Waals surface area contributed by atoms with Crippen molar-refractivity contribution in [3.8, 4) is 0 Å². The quantitative estimate of drug-likeness (QED) is 0.832. The van der Waals surface area contributed by atoms with Gasteiger partial charge in [0, 0.05) is 23.7 Å². The monoisotopic (exact) mass is 392 g/mol. The molecule has 2 heterocycles. The second-order valence-electron chi connectivity index (χ2n) is 4.50. The number of halogens is 2. The maximum Gasteiger partial charge on any atom is 0.254 e. The number of aromatic nitrogens is 2. The van der Waals surface area contributed by atoms with E-state index in [4.69, 9.17) is 16.3 Å². The molecular formula is C13H14Cl2N4O2S2. The van der Waals surface area contributed by atoms with Gasteiger partial charge in [-0.25, -0.2) is 0 Å². The molecule has 124 valence electrons. The Hall–Kier alpha value is -0.900. The van der Waals surface area contributed by atoms with Crippen molar-refractivity contribution in [2.24, 2.45) is 0 Å². The summed E-state index contributed by atoms with van der Waals surface area (Å²) in [5.74, 6) is -0.173. The highest BCUT2D eigenvalue weighted by molar-refractivity contribution is 8.01. The van der Waals surface area contributed by atoms with Crippen LogP contribution in [0.5, 0.6) is 0 Å². The summed E-state index contributed by atoms with van der Waals surface area (Å²) in [4.78, 5) is 12.9. The Bertz CT molecular complexity index is 651. The van der Waals surface area contributed by atoms with Gasteiger partial charge in [0.15, 0.2) is 4.34 Å². The third-order valence-corrected chi connectivity index (χ3v) is 5.24. The van der Waals surface area contributed by atoms with Crippen molar-refractivity contribution < 1.29 is 9.53 Å². The minimum absolute atomic E-state index is 0. The van der Waals surface area contributed by atoms with Crippen molar-refractivity contribution in [1.29, 1.82) is 0 Å². The first-order chi connectivity index (χ1) is 10.7. The van der Waals surface area contributed by atoms with Crippen molar-refractivity contribution in [1.82, 2.24) is 15.5 Å². The molecule has 0 radical (unpaired) electrons. The topological polar surface area (TPSA) is 76.1 Å². The average Bonchev–Trinajstić information content (AvgIpc) is 3.04. The summed E-state index contributed by atoms with van der Waals surface area (Å²) in [5, 5.41) is 14.2. The van der Waals surface area contributed by atoms with Crippen LogP contribution in [0.15, 0.2) is 32.9 Å². The Morgan fingerprint density at radius 2 is 2.39 bits per heavy atom. The first kappa shape index (κ1) is 18.4. The van der Waals surface area contributed by atoms with Crippen molar-refractivity contribution in [3.63, 3.8) is 0 Å². The summed E-state index contributed by atoms with van der Waals surface area (Å²) in [5.41, 5.74) is 2.31. The van der Waals surface area contributed by atoms with Crippen LogP contribution in [0, 0.1) is 0 Å². The molecule has 1 amide bonds. The van der Waals surface area contributed by atoms with E-state index in [1.807, 2.05) is 12.1 Å². The number of anilines is 1. The van der Waals surface area contributed by atoms with Crippen LogP contribution in [0.25, 0.3) is 0 Å². The SMILES string of the molecule is Cl.O=C(Nc1ccc(Sc2nncs2)c(Cl)c1)C1CNCCO1. The summed E-state index contributed by atoms with van der Waals surface area (Å²) in [7, 11) is 0. The zero-order valence-corrected chi connectivity index (χ0v) is 15.0. The van der Waals surface area contributed by atoms with Gasteiger partial charge < -0.3 is 15.4 Å². The lowest BCUT2D eigenvalue weighted by atomic mass is 10.2. The third-order valence-electron chi connectivity index (χ3n) is 2.96. The fourth-order valence-electron chi connectivity index (χ4n) is 1.92. The van der Waals surface area contributed by atoms with E-state index in [1.54, 1.807) is 11.6 Å². The van der Waals surface area contributed by atoms with Crippen LogP contribution >= 0.6 is 47.1 Å². The smallest absolute Gasteiger partial charge is 0.254 e. The van der Waals surface area contributed by atoms with E-state index in [0.717, 1.165) is 15.8 Å². The molecule has 1 saturated heterocycles. The lowest BCUT2D eigenvalue weighted by molar-refractivity contribution is -0.128. The van der Waals surface area contributed by atoms with Crippen LogP contribution in [0.1, 0.15) is 0 Å². The van der Waals surface area contributed by atoms with Gasteiger partial charge >= 0.3 is 0 Å². The van der Waals surface area contributed by atoms with Gasteiger partial charge in [-0.15, -0.1) is 22.6 Å². The van der Waals surface area contributed by atoms with Crippen molar-refractivity contribution in [3.05, 3.63) is 28.7 Å². The van der Waals surface area contributed by atoms with Crippen LogP contribution in [-0.2, 0) is 9.53 Å². The lowest BCUT2D eigenvalue weighted by Crippen LogP contribution is -2.45. The number of carbonyl (C=O) groups is 1. The largest absolute Gasteiger partial charge is 0.366 e. The highest BCUT2D eigenvalue weighted by atomic mass is 35.5. The fraction of sp³-hybridized carbons (Fsp3) is 0.308. The van der Waals surface area contributed by atoms with E-state index in [2.05, 4.69) is 20.8 Å². The van der Waals surface area contributed by atoms with E-state index in [9.17, 15) is 4.79 Å². The third kappa shape index (κ3) is 5.03. The molecule has 1 aromatic heterocycles. The van der Waals surface area contributed by atoms with Crippen LogP contribution < -0.4 is 10.6 Å². The first-order valence-electron chi connectivity index (χ1n) is 6.59. The number of benzene rings is 1. The molecule has 1 aromatic carbocycles. The van der Waals surface area contributed by atoms with Crippen LogP contribution in [-0.4, -0.2) is 41.9 Å². The van der Waals surface area contributed by atoms with Crippen molar-refractivity contribution in [2.45, 2.75) is 15.3 Å². The van der Waals surface area contributed by atoms with Crippen molar-refractivity contribution >= 4 is 58.7 Å². The number of nitrogens with one attached hydrogen (secondary N) is 2. The number of rotatable bonds is 4. The zero-order chi connectivity index (χ0) is 15.4. The molecule has 1 fully saturated rings. The summed E-state index contributed by atoms with van der Waals surface area (Å²) in [6, 6.07) is 5.38. The second kappa shape index (κ2) is 8.81. The Labute approximate surface area is 152 Å². The molecule has 2 N–H and O–H groups in total. The Balaban J connectivity index is 0.00000192. The number of hydrogen-bond donors (Lipinski definition) is 2. The predicted octanol–water partition coefficient (Wildman–Crippen LogP) is 2.69. The molecule has 0 saturated carbocycles. The van der Waals surface area contributed by atoms with Crippen LogP contribution in [0.2, 0.25) is 5.02 Å². The number of nitrogens with zero attached hydrogens (tertiary/aromatic N) is 2. The summed E-state index contributed by atoms with van der Waals surface area (Å²) < 4.78 is 6.23. The van der Waals surface area contributed by atoms with Gasteiger partial charge in [-0.05, 0) is 18.2 Å². The van der Waals surface area contributed by atoms with Gasteiger partial charge in [0.2, 0.25) is 0 Å². The molecule has 3 rings (SSSR count). The van der Waals surface area contributed by atoms with Gasteiger partial charge in [-0.3, -0.25) is 4.79 Å². The molecule has 0 spiro atoms. The minimum Gasteiger partial charge on any atom is -0.366 e. The van der Waals surface area contributed by atoms with E-state index in [0.29, 0.717) is 23.9 Å². The molecule has 1 aliphatic rings. The standard InChI is InChI=1S/C13H13ClN4O2S2.ClH/c14-9-5-8(17-12(19)10-6-15-3-4-20-10)1-2-11(9)22-13-18-16-7-21-13;/h1-2,5,7,10,15H,3-4,6H2,(H,17,19);1H. The molecule has 1 unspecified atom stereocenters. The number of carbonyl (C=O) groups excluding carboxylic acids is 1. The maximum atomic E-state index is 12.1. The molecule has 1 aliphatic heterocycles. The number of amides is 1. The number of hydrogen-bond acceptors (Lipinski definition) is 7. The lowest BCUT2D eigenvalue weighted by Gasteiger charge is -2.22. The van der Waals surface area contributed by atoms with E-state index in [-0.39, 0.29) is 18.3 Å².